The summed E-state index contributed by atoms with van der Waals surface area (Å²) in [4.78, 5) is 30.0. The minimum absolute atomic E-state index is 0.0289. The van der Waals surface area contributed by atoms with Crippen molar-refractivity contribution in [3.05, 3.63) is 48.2 Å². The molecule has 0 atom stereocenters. The van der Waals surface area contributed by atoms with E-state index in [2.05, 4.69) is 15.2 Å². The molecular formula is C21H25N3O3. The second-order valence-corrected chi connectivity index (χ2v) is 6.68. The van der Waals surface area contributed by atoms with Crippen molar-refractivity contribution in [2.45, 2.75) is 32.6 Å². The molecule has 142 valence electrons. The molecule has 27 heavy (non-hydrogen) atoms. The summed E-state index contributed by atoms with van der Waals surface area (Å²) in [5.74, 6) is 1.64. The van der Waals surface area contributed by atoms with Crippen LogP contribution in [0.3, 0.4) is 0 Å². The molecule has 0 radical (unpaired) electrons. The Morgan fingerprint density at radius 2 is 1.85 bits per heavy atom. The normalized spacial score (nSPS) is 13.4. The number of Topliss-reactive ketones (excluding diaryl/α,β-unsaturated/α-hetero) is 1. The minimum Gasteiger partial charge on any atom is -0.494 e. The van der Waals surface area contributed by atoms with Gasteiger partial charge in [0.2, 0.25) is 5.91 Å². The summed E-state index contributed by atoms with van der Waals surface area (Å²) in [6, 6.07) is 10.9. The number of amides is 1. The first kappa shape index (κ1) is 18.9. The van der Waals surface area contributed by atoms with Crippen molar-refractivity contribution in [3.8, 4) is 5.75 Å². The zero-order valence-electron chi connectivity index (χ0n) is 15.6. The first-order valence-electron chi connectivity index (χ1n) is 9.36. The number of nitrogens with one attached hydrogen (secondary N) is 1. The highest BCUT2D eigenvalue weighted by molar-refractivity contribution is 5.94. The van der Waals surface area contributed by atoms with Gasteiger partial charge in [-0.15, -0.1) is 0 Å². The highest BCUT2D eigenvalue weighted by Crippen LogP contribution is 2.19. The maximum atomic E-state index is 12.0. The second-order valence-electron chi connectivity index (χ2n) is 6.68. The van der Waals surface area contributed by atoms with Crippen LogP contribution in [-0.2, 0) is 4.79 Å². The number of hydrogen-bond acceptors (Lipinski definition) is 5. The third-order valence-corrected chi connectivity index (χ3v) is 4.54. The van der Waals surface area contributed by atoms with E-state index in [4.69, 9.17) is 4.74 Å². The largest absolute Gasteiger partial charge is 0.494 e. The molecule has 3 rings (SSSR count). The van der Waals surface area contributed by atoms with E-state index in [0.29, 0.717) is 36.4 Å². The molecule has 0 unspecified atom stereocenters. The van der Waals surface area contributed by atoms with Crippen molar-refractivity contribution >= 4 is 23.2 Å². The van der Waals surface area contributed by atoms with Gasteiger partial charge in [0.15, 0.2) is 5.78 Å². The van der Waals surface area contributed by atoms with Gasteiger partial charge in [0.05, 0.1) is 18.5 Å². The summed E-state index contributed by atoms with van der Waals surface area (Å²) in [6.07, 6.45) is 5.11. The number of carbonyl (C=O) groups is 2. The molecule has 2 aromatic rings. The van der Waals surface area contributed by atoms with Gasteiger partial charge in [-0.1, -0.05) is 0 Å². The number of aromatic nitrogens is 1. The minimum atomic E-state index is -0.0544. The van der Waals surface area contributed by atoms with Crippen LogP contribution >= 0.6 is 0 Å². The molecule has 1 aromatic carbocycles. The Morgan fingerprint density at radius 1 is 1.11 bits per heavy atom. The smallest absolute Gasteiger partial charge is 0.224 e. The highest BCUT2D eigenvalue weighted by atomic mass is 16.5. The topological polar surface area (TPSA) is 71.5 Å². The molecule has 0 spiro atoms. The number of carbonyl (C=O) groups excluding carboxylic acids is 2. The average Bonchev–Trinajstić information content (AvgIpc) is 3.21. The zero-order chi connectivity index (χ0) is 19.1. The van der Waals surface area contributed by atoms with Crippen LogP contribution in [0.5, 0.6) is 5.75 Å². The van der Waals surface area contributed by atoms with Crippen LogP contribution in [0.4, 0.5) is 11.5 Å². The summed E-state index contributed by atoms with van der Waals surface area (Å²) in [5.41, 5.74) is 1.37. The zero-order valence-corrected chi connectivity index (χ0v) is 15.6. The maximum absolute atomic E-state index is 12.0. The maximum Gasteiger partial charge on any atom is 0.224 e. The number of ether oxygens (including phenoxy) is 1. The van der Waals surface area contributed by atoms with Gasteiger partial charge in [-0.2, -0.15) is 0 Å². The lowest BCUT2D eigenvalue weighted by molar-refractivity contribution is -0.116. The molecule has 1 aliphatic rings. The summed E-state index contributed by atoms with van der Waals surface area (Å²) >= 11 is 0. The fourth-order valence-corrected chi connectivity index (χ4v) is 3.03. The Bertz CT molecular complexity index is 766. The van der Waals surface area contributed by atoms with Crippen molar-refractivity contribution in [1.82, 2.24) is 4.98 Å². The summed E-state index contributed by atoms with van der Waals surface area (Å²) in [6.45, 7) is 4.08. The predicted octanol–water partition coefficient (Wildman–Crippen LogP) is 3.68. The van der Waals surface area contributed by atoms with E-state index in [1.54, 1.807) is 30.5 Å². The molecule has 6 heteroatoms. The first-order valence-corrected chi connectivity index (χ1v) is 9.36. The summed E-state index contributed by atoms with van der Waals surface area (Å²) < 4.78 is 5.60. The third kappa shape index (κ3) is 5.54. The van der Waals surface area contributed by atoms with E-state index >= 15 is 0 Å². The van der Waals surface area contributed by atoms with Crippen LogP contribution in [0, 0.1) is 0 Å². The number of pyridine rings is 1. The number of anilines is 2. The molecule has 0 bridgehead atoms. The Morgan fingerprint density at radius 3 is 2.48 bits per heavy atom. The fourth-order valence-electron chi connectivity index (χ4n) is 3.03. The standard InChI is InChI=1S/C21H25N3O3/c1-16(25)17-6-9-19(10-7-17)27-14-4-5-21(26)23-18-8-11-20(22-15-18)24-12-2-3-13-24/h6-11,15H,2-5,12-14H2,1H3,(H,23,26). The van der Waals surface area contributed by atoms with Crippen LogP contribution in [-0.4, -0.2) is 36.4 Å². The number of ketones is 1. The molecule has 1 saturated heterocycles. The lowest BCUT2D eigenvalue weighted by Crippen LogP contribution is -2.19. The predicted molar refractivity (Wildman–Crippen MR) is 105 cm³/mol. The molecule has 6 nitrogen and oxygen atoms in total. The molecule has 1 fully saturated rings. The van der Waals surface area contributed by atoms with Gasteiger partial charge in [0, 0.05) is 25.1 Å². The van der Waals surface area contributed by atoms with Crippen molar-refractivity contribution in [1.29, 1.82) is 0 Å². The summed E-state index contributed by atoms with van der Waals surface area (Å²) in [5, 5.41) is 2.87. The van der Waals surface area contributed by atoms with Crippen LogP contribution in [0.1, 0.15) is 43.0 Å². The lowest BCUT2D eigenvalue weighted by Gasteiger charge is -2.16. The van der Waals surface area contributed by atoms with E-state index < -0.39 is 0 Å². The van der Waals surface area contributed by atoms with Gasteiger partial charge >= 0.3 is 0 Å². The van der Waals surface area contributed by atoms with Crippen LogP contribution in [0.2, 0.25) is 0 Å². The van der Waals surface area contributed by atoms with E-state index in [-0.39, 0.29) is 11.7 Å². The lowest BCUT2D eigenvalue weighted by atomic mass is 10.1. The Kier molecular flexibility index (Phi) is 6.41. The molecular weight excluding hydrogens is 342 g/mol. The molecule has 2 heterocycles. The quantitative estimate of drug-likeness (QED) is 0.569. The van der Waals surface area contributed by atoms with Crippen molar-refractivity contribution in [2.24, 2.45) is 0 Å². The van der Waals surface area contributed by atoms with Gasteiger partial charge in [0.25, 0.3) is 0 Å². The number of rotatable bonds is 8. The Labute approximate surface area is 159 Å². The van der Waals surface area contributed by atoms with Crippen molar-refractivity contribution in [2.75, 3.05) is 29.9 Å². The van der Waals surface area contributed by atoms with Crippen molar-refractivity contribution < 1.29 is 14.3 Å². The Balaban J connectivity index is 1.37. The molecule has 0 saturated carbocycles. The molecule has 1 aliphatic heterocycles. The molecule has 1 N–H and O–H groups in total. The Hall–Kier alpha value is -2.89. The molecule has 0 aliphatic carbocycles. The number of hydrogen-bond donors (Lipinski definition) is 1. The van der Waals surface area contributed by atoms with Gasteiger partial charge in [-0.05, 0) is 62.6 Å². The van der Waals surface area contributed by atoms with Crippen LogP contribution in [0.15, 0.2) is 42.6 Å². The average molecular weight is 367 g/mol. The van der Waals surface area contributed by atoms with Gasteiger partial charge < -0.3 is 15.0 Å². The monoisotopic (exact) mass is 367 g/mol. The SMILES string of the molecule is CC(=O)c1ccc(OCCCC(=O)Nc2ccc(N3CCCC3)nc2)cc1. The highest BCUT2D eigenvalue weighted by Gasteiger charge is 2.13. The summed E-state index contributed by atoms with van der Waals surface area (Å²) in [7, 11) is 0. The van der Waals surface area contributed by atoms with Gasteiger partial charge in [-0.3, -0.25) is 9.59 Å². The first-order chi connectivity index (χ1) is 13.1. The fraction of sp³-hybridized carbons (Fsp3) is 0.381. The van der Waals surface area contributed by atoms with Crippen LogP contribution < -0.4 is 15.0 Å². The molecule has 1 aromatic heterocycles. The number of benzene rings is 1. The van der Waals surface area contributed by atoms with E-state index in [1.807, 2.05) is 12.1 Å². The molecule has 1 amide bonds. The van der Waals surface area contributed by atoms with Gasteiger partial charge in [-0.25, -0.2) is 4.98 Å². The van der Waals surface area contributed by atoms with Crippen LogP contribution in [0.25, 0.3) is 0 Å². The van der Waals surface area contributed by atoms with Gasteiger partial charge in [0.1, 0.15) is 11.6 Å². The van der Waals surface area contributed by atoms with E-state index in [1.165, 1.54) is 19.8 Å². The second kappa shape index (κ2) is 9.16. The van der Waals surface area contributed by atoms with E-state index in [9.17, 15) is 9.59 Å². The number of nitrogens with zero attached hydrogens (tertiary/aromatic N) is 2. The van der Waals surface area contributed by atoms with Crippen molar-refractivity contribution in [3.63, 3.8) is 0 Å². The third-order valence-electron chi connectivity index (χ3n) is 4.54. The van der Waals surface area contributed by atoms with E-state index in [0.717, 1.165) is 18.9 Å².